The number of hydrogen-bond donors (Lipinski definition) is 0. The van der Waals surface area contributed by atoms with Crippen molar-refractivity contribution < 1.29 is 9.53 Å². The molecule has 0 atom stereocenters. The van der Waals surface area contributed by atoms with Crippen molar-refractivity contribution in [2.24, 2.45) is 0 Å². The van der Waals surface area contributed by atoms with E-state index in [1.165, 1.54) is 13.0 Å². The average Bonchev–Trinajstić information content (AvgIpc) is 2.16. The molecule has 1 radical (unpaired) electrons. The smallest absolute Gasteiger partial charge is 0.308 e. The van der Waals surface area contributed by atoms with Gasteiger partial charge in [-0.2, -0.15) is 5.26 Å². The summed E-state index contributed by atoms with van der Waals surface area (Å²) in [6, 6.07) is 6.65. The van der Waals surface area contributed by atoms with Crippen LogP contribution in [-0.2, 0) is 4.79 Å². The Morgan fingerprint density at radius 3 is 2.57 bits per heavy atom. The van der Waals surface area contributed by atoms with Crippen molar-refractivity contribution in [2.45, 2.75) is 6.92 Å². The zero-order valence-electron chi connectivity index (χ0n) is 7.70. The third kappa shape index (κ3) is 2.46. The van der Waals surface area contributed by atoms with Crippen LogP contribution in [0.1, 0.15) is 18.1 Å². The van der Waals surface area contributed by atoms with E-state index in [1.807, 2.05) is 6.07 Å². The van der Waals surface area contributed by atoms with Gasteiger partial charge in [0.2, 0.25) is 0 Å². The molecule has 0 aliphatic heterocycles. The Morgan fingerprint density at radius 1 is 1.43 bits per heavy atom. The number of nitrogens with zero attached hydrogens (tertiary/aromatic N) is 1. The van der Waals surface area contributed by atoms with E-state index >= 15 is 0 Å². The Labute approximate surface area is 82.2 Å². The summed E-state index contributed by atoms with van der Waals surface area (Å²) in [7, 11) is 0. The van der Waals surface area contributed by atoms with Crippen LogP contribution in [0.25, 0.3) is 0 Å². The van der Waals surface area contributed by atoms with E-state index in [-0.39, 0.29) is 0 Å². The molecule has 1 rings (SSSR count). The summed E-state index contributed by atoms with van der Waals surface area (Å²) in [5.74, 6) is -0.0854. The van der Waals surface area contributed by atoms with Gasteiger partial charge >= 0.3 is 5.97 Å². The van der Waals surface area contributed by atoms with Crippen LogP contribution in [0.2, 0.25) is 0 Å². The fourth-order valence-electron chi connectivity index (χ4n) is 0.991. The van der Waals surface area contributed by atoms with Crippen LogP contribution in [-0.4, -0.2) is 5.97 Å². The lowest BCUT2D eigenvalue weighted by Gasteiger charge is -2.02. The van der Waals surface area contributed by atoms with Gasteiger partial charge in [-0.25, -0.2) is 0 Å². The van der Waals surface area contributed by atoms with Crippen molar-refractivity contribution in [3.63, 3.8) is 0 Å². The summed E-state index contributed by atoms with van der Waals surface area (Å²) in [5.41, 5.74) is 1.04. The highest BCUT2D eigenvalue weighted by Crippen LogP contribution is 2.16. The van der Waals surface area contributed by atoms with Crippen molar-refractivity contribution in [3.8, 4) is 11.8 Å². The van der Waals surface area contributed by atoms with Gasteiger partial charge < -0.3 is 4.74 Å². The summed E-state index contributed by atoms with van der Waals surface area (Å²) in [5, 5.41) is 8.68. The number of esters is 1. The van der Waals surface area contributed by atoms with Gasteiger partial charge in [0, 0.05) is 6.92 Å². The number of nitriles is 1. The number of ether oxygens (including phenoxy) is 1. The van der Waals surface area contributed by atoms with E-state index in [1.54, 1.807) is 12.1 Å². The second kappa shape index (κ2) is 4.24. The molecule has 1 aromatic carbocycles. The molecule has 14 heavy (non-hydrogen) atoms. The molecular formula is C11H8NO2. The number of hydrogen-bond acceptors (Lipinski definition) is 3. The van der Waals surface area contributed by atoms with E-state index in [4.69, 9.17) is 10.00 Å². The normalized spacial score (nSPS) is 8.86. The minimum Gasteiger partial charge on any atom is -0.427 e. The SMILES string of the molecule is C=[C]c1cc(C#N)cc(OC(C)=O)c1. The van der Waals surface area contributed by atoms with Gasteiger partial charge in [-0.1, -0.05) is 6.58 Å². The van der Waals surface area contributed by atoms with Crippen molar-refractivity contribution in [1.82, 2.24) is 0 Å². The van der Waals surface area contributed by atoms with Gasteiger partial charge in [0.1, 0.15) is 5.75 Å². The molecular weight excluding hydrogens is 178 g/mol. The molecule has 0 saturated carbocycles. The lowest BCUT2D eigenvalue weighted by atomic mass is 10.1. The fourth-order valence-corrected chi connectivity index (χ4v) is 0.991. The molecule has 0 heterocycles. The van der Waals surface area contributed by atoms with Crippen molar-refractivity contribution >= 4 is 5.97 Å². The van der Waals surface area contributed by atoms with Crippen LogP contribution in [0.15, 0.2) is 24.8 Å². The number of benzene rings is 1. The molecule has 0 N–H and O–H groups in total. The molecule has 0 amide bonds. The van der Waals surface area contributed by atoms with Crippen LogP contribution in [0.4, 0.5) is 0 Å². The second-order valence-corrected chi connectivity index (χ2v) is 2.63. The summed E-state index contributed by atoms with van der Waals surface area (Å²) in [6.07, 6.45) is 2.62. The molecule has 1 aromatic rings. The van der Waals surface area contributed by atoms with Gasteiger partial charge in [-0.05, 0) is 29.8 Å². The standard InChI is InChI=1S/C11H8NO2/c1-3-9-4-10(7-12)6-11(5-9)14-8(2)13/h4-6H,1H2,2H3. The highest BCUT2D eigenvalue weighted by Gasteiger charge is 2.02. The molecule has 0 bridgehead atoms. The van der Waals surface area contributed by atoms with Gasteiger partial charge in [-0.3, -0.25) is 4.79 Å². The first-order chi connectivity index (χ1) is 6.65. The minimum absolute atomic E-state index is 0.336. The van der Waals surface area contributed by atoms with Crippen LogP contribution < -0.4 is 4.74 Å². The Bertz CT molecular complexity index is 416. The summed E-state index contributed by atoms with van der Waals surface area (Å²) < 4.78 is 4.84. The molecule has 0 aliphatic carbocycles. The zero-order valence-corrected chi connectivity index (χ0v) is 7.70. The number of carbonyl (C=O) groups is 1. The molecule has 0 saturated heterocycles. The fraction of sp³-hybridized carbons (Fsp3) is 0.0909. The third-order valence-corrected chi connectivity index (χ3v) is 1.50. The van der Waals surface area contributed by atoms with Gasteiger partial charge in [0.25, 0.3) is 0 Å². The lowest BCUT2D eigenvalue weighted by molar-refractivity contribution is -0.131. The summed E-state index contributed by atoms with van der Waals surface area (Å²) in [6.45, 7) is 4.75. The number of rotatable bonds is 2. The highest BCUT2D eigenvalue weighted by atomic mass is 16.5. The highest BCUT2D eigenvalue weighted by molar-refractivity contribution is 5.69. The minimum atomic E-state index is -0.421. The van der Waals surface area contributed by atoms with Crippen LogP contribution in [0.5, 0.6) is 5.75 Å². The summed E-state index contributed by atoms with van der Waals surface area (Å²) >= 11 is 0. The van der Waals surface area contributed by atoms with E-state index < -0.39 is 5.97 Å². The average molecular weight is 186 g/mol. The Balaban J connectivity index is 3.12. The third-order valence-electron chi connectivity index (χ3n) is 1.50. The predicted molar refractivity (Wildman–Crippen MR) is 50.4 cm³/mol. The van der Waals surface area contributed by atoms with Crippen molar-refractivity contribution in [1.29, 1.82) is 5.26 Å². The first-order valence-electron chi connectivity index (χ1n) is 3.92. The number of carbonyl (C=O) groups excluding carboxylic acids is 1. The molecule has 0 aromatic heterocycles. The zero-order chi connectivity index (χ0) is 10.6. The van der Waals surface area contributed by atoms with Gasteiger partial charge in [0.05, 0.1) is 11.6 Å². The summed E-state index contributed by atoms with van der Waals surface area (Å²) in [4.78, 5) is 10.7. The monoisotopic (exact) mass is 186 g/mol. The molecule has 0 spiro atoms. The van der Waals surface area contributed by atoms with E-state index in [9.17, 15) is 4.79 Å². The van der Waals surface area contributed by atoms with Crippen LogP contribution in [0.3, 0.4) is 0 Å². The van der Waals surface area contributed by atoms with E-state index in [2.05, 4.69) is 12.7 Å². The first kappa shape index (κ1) is 10.0. The van der Waals surface area contributed by atoms with E-state index in [0.29, 0.717) is 16.9 Å². The second-order valence-electron chi connectivity index (χ2n) is 2.63. The lowest BCUT2D eigenvalue weighted by Crippen LogP contribution is -2.01. The maximum absolute atomic E-state index is 10.7. The Hall–Kier alpha value is -2.08. The van der Waals surface area contributed by atoms with Crippen LogP contribution in [0, 0.1) is 17.4 Å². The van der Waals surface area contributed by atoms with Crippen LogP contribution >= 0.6 is 0 Å². The topological polar surface area (TPSA) is 50.1 Å². The van der Waals surface area contributed by atoms with E-state index in [0.717, 1.165) is 0 Å². The van der Waals surface area contributed by atoms with Gasteiger partial charge in [0.15, 0.2) is 0 Å². The molecule has 3 heteroatoms. The predicted octanol–water partition coefficient (Wildman–Crippen LogP) is 1.82. The van der Waals surface area contributed by atoms with Gasteiger partial charge in [-0.15, -0.1) is 0 Å². The van der Waals surface area contributed by atoms with Crippen molar-refractivity contribution in [2.75, 3.05) is 0 Å². The van der Waals surface area contributed by atoms with Crippen molar-refractivity contribution in [3.05, 3.63) is 42.0 Å². The maximum Gasteiger partial charge on any atom is 0.308 e. The molecule has 0 unspecified atom stereocenters. The Morgan fingerprint density at radius 2 is 2.07 bits per heavy atom. The first-order valence-corrected chi connectivity index (χ1v) is 3.92. The molecule has 0 fully saturated rings. The quantitative estimate of drug-likeness (QED) is 0.523. The maximum atomic E-state index is 10.7. The molecule has 0 aliphatic rings. The Kier molecular flexibility index (Phi) is 3.03. The largest absolute Gasteiger partial charge is 0.427 e. The molecule has 69 valence electrons. The molecule has 3 nitrogen and oxygen atoms in total.